The van der Waals surface area contributed by atoms with Gasteiger partial charge in [-0.05, 0) is 54.1 Å². The lowest BCUT2D eigenvalue weighted by Crippen LogP contribution is -2.47. The highest BCUT2D eigenvalue weighted by molar-refractivity contribution is 5.96. The van der Waals surface area contributed by atoms with Crippen LogP contribution in [0, 0.1) is 0 Å². The first kappa shape index (κ1) is 20.8. The summed E-state index contributed by atoms with van der Waals surface area (Å²) in [4.78, 5) is 33.0. The number of carbonyl (C=O) groups is 2. The standard InChI is InChI=1S/C24H21N5O3/c1-16(32-21-11-10-17-6-2-3-7-18(17)15-21)22(30)28-29-23(31)19-8-4-9-20(14-19)27-24-25-12-5-13-26-24/h2-16H,1H3,(H,28,30)(H,29,31)(H,25,26,27). The fourth-order valence-corrected chi connectivity index (χ4v) is 3.02. The molecule has 8 nitrogen and oxygen atoms in total. The van der Waals surface area contributed by atoms with Gasteiger partial charge in [-0.25, -0.2) is 9.97 Å². The number of hydrazine groups is 1. The Bertz CT molecular complexity index is 1250. The smallest absolute Gasteiger partial charge is 0.279 e. The van der Waals surface area contributed by atoms with E-state index in [4.69, 9.17) is 4.74 Å². The Kier molecular flexibility index (Phi) is 6.22. The number of ether oxygens (including phenoxy) is 1. The second-order valence-corrected chi connectivity index (χ2v) is 6.99. The third-order valence-corrected chi connectivity index (χ3v) is 4.65. The zero-order valence-corrected chi connectivity index (χ0v) is 17.3. The lowest BCUT2D eigenvalue weighted by molar-refractivity contribution is -0.128. The number of nitrogens with one attached hydrogen (secondary N) is 3. The van der Waals surface area contributed by atoms with Crippen LogP contribution in [0.5, 0.6) is 5.75 Å². The van der Waals surface area contributed by atoms with Gasteiger partial charge in [0, 0.05) is 23.6 Å². The van der Waals surface area contributed by atoms with Crippen LogP contribution >= 0.6 is 0 Å². The molecular formula is C24H21N5O3. The fourth-order valence-electron chi connectivity index (χ4n) is 3.02. The van der Waals surface area contributed by atoms with E-state index < -0.39 is 17.9 Å². The number of anilines is 2. The van der Waals surface area contributed by atoms with E-state index in [0.29, 0.717) is 22.9 Å². The van der Waals surface area contributed by atoms with Crippen molar-refractivity contribution in [1.29, 1.82) is 0 Å². The monoisotopic (exact) mass is 427 g/mol. The van der Waals surface area contributed by atoms with E-state index in [0.717, 1.165) is 10.8 Å². The average molecular weight is 427 g/mol. The molecule has 0 bridgehead atoms. The van der Waals surface area contributed by atoms with Crippen LogP contribution in [-0.4, -0.2) is 27.9 Å². The van der Waals surface area contributed by atoms with Gasteiger partial charge >= 0.3 is 0 Å². The molecule has 1 heterocycles. The first-order valence-corrected chi connectivity index (χ1v) is 9.98. The number of aromatic nitrogens is 2. The Morgan fingerprint density at radius 2 is 1.62 bits per heavy atom. The maximum absolute atomic E-state index is 12.5. The van der Waals surface area contributed by atoms with E-state index in [1.54, 1.807) is 55.7 Å². The van der Waals surface area contributed by atoms with Crippen molar-refractivity contribution in [2.75, 3.05) is 5.32 Å². The molecule has 0 aliphatic carbocycles. The van der Waals surface area contributed by atoms with Crippen LogP contribution in [0.2, 0.25) is 0 Å². The third-order valence-electron chi connectivity index (χ3n) is 4.65. The summed E-state index contributed by atoms with van der Waals surface area (Å²) in [5.41, 5.74) is 5.81. The highest BCUT2D eigenvalue weighted by Gasteiger charge is 2.16. The highest BCUT2D eigenvalue weighted by atomic mass is 16.5. The van der Waals surface area contributed by atoms with E-state index in [2.05, 4.69) is 26.1 Å². The molecule has 1 atom stereocenters. The van der Waals surface area contributed by atoms with E-state index in [9.17, 15) is 9.59 Å². The molecule has 32 heavy (non-hydrogen) atoms. The molecule has 2 amide bonds. The number of amides is 2. The van der Waals surface area contributed by atoms with Crippen molar-refractivity contribution in [3.63, 3.8) is 0 Å². The van der Waals surface area contributed by atoms with Crippen LogP contribution in [0.4, 0.5) is 11.6 Å². The second-order valence-electron chi connectivity index (χ2n) is 6.99. The van der Waals surface area contributed by atoms with Crippen LogP contribution in [-0.2, 0) is 4.79 Å². The number of rotatable bonds is 6. The van der Waals surface area contributed by atoms with Gasteiger partial charge in [-0.15, -0.1) is 0 Å². The number of nitrogens with zero attached hydrogens (tertiary/aromatic N) is 2. The number of benzene rings is 3. The summed E-state index contributed by atoms with van der Waals surface area (Å²) in [6.45, 7) is 1.61. The molecule has 0 aliphatic heterocycles. The molecule has 0 radical (unpaired) electrons. The van der Waals surface area contributed by atoms with Crippen LogP contribution in [0.25, 0.3) is 10.8 Å². The summed E-state index contributed by atoms with van der Waals surface area (Å²) >= 11 is 0. The Labute approximate surface area is 184 Å². The van der Waals surface area contributed by atoms with Gasteiger partial charge in [0.2, 0.25) is 5.95 Å². The summed E-state index contributed by atoms with van der Waals surface area (Å²) in [6, 6.07) is 22.0. The second kappa shape index (κ2) is 9.57. The van der Waals surface area contributed by atoms with Crippen LogP contribution in [0.3, 0.4) is 0 Å². The minimum atomic E-state index is -0.806. The average Bonchev–Trinajstić information content (AvgIpc) is 2.83. The van der Waals surface area contributed by atoms with E-state index in [1.807, 2.05) is 36.4 Å². The molecule has 0 spiro atoms. The maximum atomic E-state index is 12.5. The Hall–Kier alpha value is -4.46. The predicted octanol–water partition coefficient (Wildman–Crippen LogP) is 3.60. The van der Waals surface area contributed by atoms with Crippen molar-refractivity contribution >= 4 is 34.2 Å². The van der Waals surface area contributed by atoms with Crippen molar-refractivity contribution in [2.45, 2.75) is 13.0 Å². The predicted molar refractivity (Wildman–Crippen MR) is 121 cm³/mol. The molecule has 4 rings (SSSR count). The maximum Gasteiger partial charge on any atom is 0.279 e. The summed E-state index contributed by atoms with van der Waals surface area (Å²) in [6.07, 6.45) is 2.42. The van der Waals surface area contributed by atoms with Crippen molar-refractivity contribution in [3.05, 3.63) is 90.8 Å². The number of hydrogen-bond donors (Lipinski definition) is 3. The van der Waals surface area contributed by atoms with Crippen molar-refractivity contribution in [2.24, 2.45) is 0 Å². The van der Waals surface area contributed by atoms with Gasteiger partial charge in [-0.2, -0.15) is 0 Å². The summed E-state index contributed by atoms with van der Waals surface area (Å²) < 4.78 is 5.72. The first-order valence-electron chi connectivity index (χ1n) is 9.98. The number of hydrogen-bond acceptors (Lipinski definition) is 6. The number of fused-ring (bicyclic) bond motifs is 1. The van der Waals surface area contributed by atoms with Crippen LogP contribution in [0.15, 0.2) is 85.2 Å². The minimum Gasteiger partial charge on any atom is -0.481 e. The molecule has 0 saturated heterocycles. The SMILES string of the molecule is CC(Oc1ccc2ccccc2c1)C(=O)NNC(=O)c1cccc(Nc2ncccn2)c1. The molecule has 8 heteroatoms. The quantitative estimate of drug-likeness (QED) is 0.406. The minimum absolute atomic E-state index is 0.356. The molecule has 1 unspecified atom stereocenters. The molecule has 0 saturated carbocycles. The molecule has 0 aliphatic rings. The molecule has 160 valence electrons. The first-order chi connectivity index (χ1) is 15.6. The molecule has 3 aromatic carbocycles. The zero-order valence-electron chi connectivity index (χ0n) is 17.3. The van der Waals surface area contributed by atoms with Gasteiger partial charge in [0.1, 0.15) is 5.75 Å². The van der Waals surface area contributed by atoms with E-state index >= 15 is 0 Å². The Morgan fingerprint density at radius 3 is 2.44 bits per heavy atom. The largest absolute Gasteiger partial charge is 0.481 e. The van der Waals surface area contributed by atoms with Gasteiger partial charge in [-0.3, -0.25) is 20.4 Å². The Morgan fingerprint density at radius 1 is 0.844 bits per heavy atom. The van der Waals surface area contributed by atoms with E-state index in [1.165, 1.54) is 0 Å². The Balaban J connectivity index is 1.32. The van der Waals surface area contributed by atoms with E-state index in [-0.39, 0.29) is 0 Å². The summed E-state index contributed by atoms with van der Waals surface area (Å²) in [5.74, 6) is 0.0463. The molecule has 4 aromatic rings. The van der Waals surface area contributed by atoms with Crippen molar-refractivity contribution in [3.8, 4) is 5.75 Å². The van der Waals surface area contributed by atoms with Gasteiger partial charge in [-0.1, -0.05) is 36.4 Å². The van der Waals surface area contributed by atoms with Crippen LogP contribution in [0.1, 0.15) is 17.3 Å². The topological polar surface area (TPSA) is 105 Å². The molecule has 3 N–H and O–H groups in total. The zero-order chi connectivity index (χ0) is 22.3. The molecule has 0 fully saturated rings. The summed E-state index contributed by atoms with van der Waals surface area (Å²) in [5, 5.41) is 5.11. The summed E-state index contributed by atoms with van der Waals surface area (Å²) in [7, 11) is 0. The van der Waals surface area contributed by atoms with Gasteiger partial charge in [0.05, 0.1) is 0 Å². The highest BCUT2D eigenvalue weighted by Crippen LogP contribution is 2.21. The third kappa shape index (κ3) is 5.17. The van der Waals surface area contributed by atoms with Crippen LogP contribution < -0.4 is 20.9 Å². The molecular weight excluding hydrogens is 406 g/mol. The van der Waals surface area contributed by atoms with Gasteiger partial charge < -0.3 is 10.1 Å². The normalized spacial score (nSPS) is 11.4. The van der Waals surface area contributed by atoms with Gasteiger partial charge in [0.15, 0.2) is 6.10 Å². The lowest BCUT2D eigenvalue weighted by atomic mass is 10.1. The number of carbonyl (C=O) groups excluding carboxylic acids is 2. The van der Waals surface area contributed by atoms with Gasteiger partial charge in [0.25, 0.3) is 11.8 Å². The van der Waals surface area contributed by atoms with Crippen molar-refractivity contribution < 1.29 is 14.3 Å². The fraction of sp³-hybridized carbons (Fsp3) is 0.0833. The lowest BCUT2D eigenvalue weighted by Gasteiger charge is -2.16. The molecule has 1 aromatic heterocycles. The van der Waals surface area contributed by atoms with Crippen molar-refractivity contribution in [1.82, 2.24) is 20.8 Å².